The SMILES string of the molecule is CC1CC(O[N+](=O)[O-])CN1. The Morgan fingerprint density at radius 2 is 2.50 bits per heavy atom. The van der Waals surface area contributed by atoms with Crippen LogP contribution in [-0.2, 0) is 4.84 Å². The molecule has 1 rings (SSSR count). The average molecular weight is 146 g/mol. The zero-order valence-electron chi connectivity index (χ0n) is 5.74. The highest BCUT2D eigenvalue weighted by molar-refractivity contribution is 4.77. The molecule has 0 aromatic rings. The van der Waals surface area contributed by atoms with Crippen molar-refractivity contribution >= 4 is 0 Å². The van der Waals surface area contributed by atoms with E-state index in [-0.39, 0.29) is 6.10 Å². The second kappa shape index (κ2) is 2.83. The van der Waals surface area contributed by atoms with Crippen LogP contribution in [0.25, 0.3) is 0 Å². The molecule has 0 aliphatic carbocycles. The summed E-state index contributed by atoms with van der Waals surface area (Å²) in [6.45, 7) is 2.56. The van der Waals surface area contributed by atoms with Gasteiger partial charge in [0, 0.05) is 12.6 Å². The quantitative estimate of drug-likeness (QED) is 0.438. The fraction of sp³-hybridized carbons (Fsp3) is 1.00. The van der Waals surface area contributed by atoms with Crippen LogP contribution < -0.4 is 5.32 Å². The van der Waals surface area contributed by atoms with Crippen LogP contribution in [-0.4, -0.2) is 23.8 Å². The summed E-state index contributed by atoms with van der Waals surface area (Å²) in [7, 11) is 0. The van der Waals surface area contributed by atoms with Gasteiger partial charge >= 0.3 is 0 Å². The lowest BCUT2D eigenvalue weighted by molar-refractivity contribution is -0.767. The zero-order valence-corrected chi connectivity index (χ0v) is 5.74. The largest absolute Gasteiger partial charge is 0.312 e. The molecule has 0 saturated carbocycles. The second-order valence-corrected chi connectivity index (χ2v) is 2.50. The van der Waals surface area contributed by atoms with Gasteiger partial charge in [-0.2, -0.15) is 0 Å². The first-order chi connectivity index (χ1) is 4.68. The highest BCUT2D eigenvalue weighted by Crippen LogP contribution is 2.08. The third kappa shape index (κ3) is 1.84. The summed E-state index contributed by atoms with van der Waals surface area (Å²) in [5.74, 6) is 0. The van der Waals surface area contributed by atoms with Gasteiger partial charge in [-0.15, -0.1) is 10.1 Å². The van der Waals surface area contributed by atoms with Crippen molar-refractivity contribution in [3.63, 3.8) is 0 Å². The summed E-state index contributed by atoms with van der Waals surface area (Å²) in [4.78, 5) is 14.2. The molecular formula is C5H10N2O3. The van der Waals surface area contributed by atoms with Gasteiger partial charge < -0.3 is 10.2 Å². The van der Waals surface area contributed by atoms with Crippen LogP contribution in [0.3, 0.4) is 0 Å². The second-order valence-electron chi connectivity index (χ2n) is 2.50. The van der Waals surface area contributed by atoms with E-state index < -0.39 is 5.09 Å². The summed E-state index contributed by atoms with van der Waals surface area (Å²) in [5, 5.41) is 12.1. The zero-order chi connectivity index (χ0) is 7.56. The fourth-order valence-electron chi connectivity index (χ4n) is 1.10. The Bertz CT molecular complexity index is 139. The first-order valence-electron chi connectivity index (χ1n) is 3.23. The molecule has 10 heavy (non-hydrogen) atoms. The van der Waals surface area contributed by atoms with Crippen LogP contribution in [0.1, 0.15) is 13.3 Å². The van der Waals surface area contributed by atoms with Crippen molar-refractivity contribution in [2.24, 2.45) is 0 Å². The average Bonchev–Trinajstić information content (AvgIpc) is 2.13. The molecule has 1 aliphatic rings. The smallest absolute Gasteiger partial charge is 0.294 e. The molecule has 2 unspecified atom stereocenters. The molecule has 1 heterocycles. The van der Waals surface area contributed by atoms with E-state index in [1.165, 1.54) is 0 Å². The number of hydrogen-bond acceptors (Lipinski definition) is 4. The van der Waals surface area contributed by atoms with Gasteiger partial charge in [0.05, 0.1) is 0 Å². The molecule has 5 heteroatoms. The molecule has 1 aliphatic heterocycles. The van der Waals surface area contributed by atoms with Gasteiger partial charge in [0.1, 0.15) is 6.10 Å². The van der Waals surface area contributed by atoms with E-state index >= 15 is 0 Å². The van der Waals surface area contributed by atoms with Gasteiger partial charge in [-0.05, 0) is 13.3 Å². The summed E-state index contributed by atoms with van der Waals surface area (Å²) < 4.78 is 0. The normalized spacial score (nSPS) is 32.1. The van der Waals surface area contributed by atoms with Crippen LogP contribution in [0, 0.1) is 10.1 Å². The standard InChI is InChI=1S/C5H10N2O3/c1-4-2-5(3-6-4)10-7(8)9/h4-6H,2-3H2,1H3. The maximum atomic E-state index is 9.82. The van der Waals surface area contributed by atoms with Gasteiger partial charge in [-0.1, -0.05) is 0 Å². The monoisotopic (exact) mass is 146 g/mol. The predicted molar refractivity (Wildman–Crippen MR) is 33.9 cm³/mol. The maximum Gasteiger partial charge on any atom is 0.294 e. The predicted octanol–water partition coefficient (Wildman–Crippen LogP) is -0.0549. The highest BCUT2D eigenvalue weighted by Gasteiger charge is 2.23. The minimum absolute atomic E-state index is 0.245. The Hall–Kier alpha value is -0.840. The van der Waals surface area contributed by atoms with Crippen LogP contribution >= 0.6 is 0 Å². The lowest BCUT2D eigenvalue weighted by atomic mass is 10.2. The minimum Gasteiger partial charge on any atom is -0.312 e. The van der Waals surface area contributed by atoms with Crippen molar-refractivity contribution < 1.29 is 9.92 Å². The van der Waals surface area contributed by atoms with Crippen molar-refractivity contribution in [2.45, 2.75) is 25.5 Å². The molecule has 0 radical (unpaired) electrons. The molecule has 1 N–H and O–H groups in total. The van der Waals surface area contributed by atoms with E-state index in [2.05, 4.69) is 10.2 Å². The Morgan fingerprint density at radius 1 is 1.80 bits per heavy atom. The number of nitrogens with zero attached hydrogens (tertiary/aromatic N) is 1. The van der Waals surface area contributed by atoms with Crippen molar-refractivity contribution in [1.29, 1.82) is 0 Å². The van der Waals surface area contributed by atoms with Gasteiger partial charge in [-0.3, -0.25) is 0 Å². The maximum absolute atomic E-state index is 9.82. The molecule has 2 atom stereocenters. The van der Waals surface area contributed by atoms with Crippen molar-refractivity contribution in [2.75, 3.05) is 6.54 Å². The summed E-state index contributed by atoms with van der Waals surface area (Å²) in [5.41, 5.74) is 0. The van der Waals surface area contributed by atoms with E-state index in [0.29, 0.717) is 12.6 Å². The topological polar surface area (TPSA) is 64.4 Å². The summed E-state index contributed by atoms with van der Waals surface area (Å²) >= 11 is 0. The van der Waals surface area contributed by atoms with Crippen LogP contribution in [0.5, 0.6) is 0 Å². The molecule has 5 nitrogen and oxygen atoms in total. The van der Waals surface area contributed by atoms with Crippen molar-refractivity contribution in [3.05, 3.63) is 10.1 Å². The third-order valence-electron chi connectivity index (χ3n) is 1.55. The van der Waals surface area contributed by atoms with Crippen molar-refractivity contribution in [1.82, 2.24) is 5.32 Å². The molecular weight excluding hydrogens is 136 g/mol. The van der Waals surface area contributed by atoms with E-state index in [9.17, 15) is 10.1 Å². The lowest BCUT2D eigenvalue weighted by Gasteiger charge is -2.03. The molecule has 1 saturated heterocycles. The minimum atomic E-state index is -0.732. The molecule has 0 aromatic heterocycles. The summed E-state index contributed by atoms with van der Waals surface area (Å²) in [6.07, 6.45) is 0.478. The first-order valence-corrected chi connectivity index (χ1v) is 3.23. The molecule has 1 fully saturated rings. The molecule has 0 amide bonds. The van der Waals surface area contributed by atoms with E-state index in [4.69, 9.17) is 0 Å². The molecule has 58 valence electrons. The highest BCUT2D eigenvalue weighted by atomic mass is 17.0. The van der Waals surface area contributed by atoms with Gasteiger partial charge in [-0.25, -0.2) is 0 Å². The van der Waals surface area contributed by atoms with Gasteiger partial charge in [0.2, 0.25) is 0 Å². The Balaban J connectivity index is 2.24. The molecule has 0 aromatic carbocycles. The Morgan fingerprint density at radius 3 is 2.90 bits per heavy atom. The van der Waals surface area contributed by atoms with E-state index in [1.807, 2.05) is 6.92 Å². The molecule has 0 bridgehead atoms. The van der Waals surface area contributed by atoms with E-state index in [0.717, 1.165) is 6.42 Å². The van der Waals surface area contributed by atoms with Gasteiger partial charge in [0.25, 0.3) is 5.09 Å². The molecule has 0 spiro atoms. The van der Waals surface area contributed by atoms with Crippen LogP contribution in [0.4, 0.5) is 0 Å². The van der Waals surface area contributed by atoms with E-state index in [1.54, 1.807) is 0 Å². The number of rotatable bonds is 2. The van der Waals surface area contributed by atoms with Crippen molar-refractivity contribution in [3.8, 4) is 0 Å². The number of hydrogen-bond donors (Lipinski definition) is 1. The first kappa shape index (κ1) is 7.27. The third-order valence-corrected chi connectivity index (χ3v) is 1.55. The Kier molecular flexibility index (Phi) is 2.06. The summed E-state index contributed by atoms with van der Waals surface area (Å²) in [6, 6.07) is 0.338. The van der Waals surface area contributed by atoms with Gasteiger partial charge in [0.15, 0.2) is 0 Å². The lowest BCUT2D eigenvalue weighted by Crippen LogP contribution is -2.20. The fourth-order valence-corrected chi connectivity index (χ4v) is 1.10. The van der Waals surface area contributed by atoms with Crippen LogP contribution in [0.15, 0.2) is 0 Å². The number of nitrogens with one attached hydrogen (secondary N) is 1. The van der Waals surface area contributed by atoms with Crippen LogP contribution in [0.2, 0.25) is 0 Å². The Labute approximate surface area is 58.5 Å².